The largest absolute Gasteiger partial charge is 0.350 e. The van der Waals surface area contributed by atoms with E-state index in [1.165, 1.54) is 34.0 Å². The summed E-state index contributed by atoms with van der Waals surface area (Å²) >= 11 is 0. The molecule has 0 atom stereocenters. The predicted octanol–water partition coefficient (Wildman–Crippen LogP) is 2.95. The lowest BCUT2D eigenvalue weighted by Gasteiger charge is -2.03. The van der Waals surface area contributed by atoms with Crippen molar-refractivity contribution in [2.45, 2.75) is 26.7 Å². The molecule has 1 aromatic carbocycles. The Balaban J connectivity index is 2.43. The molecule has 0 saturated carbocycles. The molecule has 1 aromatic heterocycles. The van der Waals surface area contributed by atoms with Crippen molar-refractivity contribution < 1.29 is 0 Å². The van der Waals surface area contributed by atoms with E-state index in [1.807, 2.05) is 7.05 Å². The van der Waals surface area contributed by atoms with Gasteiger partial charge >= 0.3 is 0 Å². The molecular weight excluding hydrogens is 208 g/mol. The molecular formula is C15H22N2. The first kappa shape index (κ1) is 12.2. The normalized spacial score (nSPS) is 11.3. The van der Waals surface area contributed by atoms with Gasteiger partial charge < -0.3 is 9.88 Å². The third-order valence-corrected chi connectivity index (χ3v) is 3.37. The Labute approximate surface area is 104 Å². The zero-order chi connectivity index (χ0) is 12.4. The highest BCUT2D eigenvalue weighted by atomic mass is 14.9. The first-order valence-corrected chi connectivity index (χ1v) is 6.33. The lowest BCUT2D eigenvalue weighted by molar-refractivity contribution is 0.725. The Hall–Kier alpha value is -1.28. The summed E-state index contributed by atoms with van der Waals surface area (Å²) in [6.45, 7) is 5.46. The molecule has 0 radical (unpaired) electrons. The van der Waals surface area contributed by atoms with Crippen molar-refractivity contribution in [2.75, 3.05) is 13.6 Å². The highest BCUT2D eigenvalue weighted by molar-refractivity contribution is 5.87. The van der Waals surface area contributed by atoms with E-state index >= 15 is 0 Å². The van der Waals surface area contributed by atoms with Gasteiger partial charge in [-0.15, -0.1) is 0 Å². The summed E-state index contributed by atoms with van der Waals surface area (Å²) in [5.41, 5.74) is 5.60. The van der Waals surface area contributed by atoms with Crippen molar-refractivity contribution in [3.05, 3.63) is 35.0 Å². The van der Waals surface area contributed by atoms with E-state index < -0.39 is 0 Å². The van der Waals surface area contributed by atoms with Gasteiger partial charge in [-0.25, -0.2) is 0 Å². The molecule has 0 aliphatic carbocycles. The van der Waals surface area contributed by atoms with Crippen LogP contribution in [0.3, 0.4) is 0 Å². The van der Waals surface area contributed by atoms with E-state index in [-0.39, 0.29) is 0 Å². The van der Waals surface area contributed by atoms with Gasteiger partial charge in [0.1, 0.15) is 0 Å². The van der Waals surface area contributed by atoms with Gasteiger partial charge in [0.05, 0.1) is 5.52 Å². The summed E-state index contributed by atoms with van der Waals surface area (Å²) in [5.74, 6) is 0. The first-order valence-electron chi connectivity index (χ1n) is 6.33. The van der Waals surface area contributed by atoms with E-state index in [1.54, 1.807) is 0 Å². The molecule has 0 aliphatic heterocycles. The van der Waals surface area contributed by atoms with Crippen LogP contribution in [0.2, 0.25) is 0 Å². The van der Waals surface area contributed by atoms with Crippen LogP contribution in [0.15, 0.2) is 18.3 Å². The number of fused-ring (bicyclic) bond motifs is 1. The van der Waals surface area contributed by atoms with Gasteiger partial charge in [0.2, 0.25) is 0 Å². The van der Waals surface area contributed by atoms with Crippen molar-refractivity contribution in [1.29, 1.82) is 0 Å². The smallest absolute Gasteiger partial charge is 0.0510 e. The number of nitrogens with zero attached hydrogens (tertiary/aromatic N) is 1. The van der Waals surface area contributed by atoms with Crippen molar-refractivity contribution in [1.82, 2.24) is 9.88 Å². The fraction of sp³-hybridized carbons (Fsp3) is 0.467. The van der Waals surface area contributed by atoms with Gasteiger partial charge in [-0.3, -0.25) is 0 Å². The highest BCUT2D eigenvalue weighted by Crippen LogP contribution is 2.26. The molecule has 17 heavy (non-hydrogen) atoms. The predicted molar refractivity (Wildman–Crippen MR) is 74.6 cm³/mol. The molecule has 0 spiro atoms. The number of benzene rings is 1. The molecule has 0 saturated heterocycles. The van der Waals surface area contributed by atoms with Gasteiger partial charge in [0.25, 0.3) is 0 Å². The molecule has 0 amide bonds. The number of hydrogen-bond acceptors (Lipinski definition) is 1. The Bertz CT molecular complexity index is 523. The summed E-state index contributed by atoms with van der Waals surface area (Å²) in [5, 5.41) is 4.64. The molecule has 1 N–H and O–H groups in total. The highest BCUT2D eigenvalue weighted by Gasteiger charge is 2.08. The topological polar surface area (TPSA) is 17.0 Å². The Morgan fingerprint density at radius 1 is 1.24 bits per heavy atom. The lowest BCUT2D eigenvalue weighted by Crippen LogP contribution is -2.08. The molecule has 0 fully saturated rings. The first-order chi connectivity index (χ1) is 8.13. The second-order valence-corrected chi connectivity index (χ2v) is 4.95. The zero-order valence-electron chi connectivity index (χ0n) is 11.3. The number of aryl methyl sites for hydroxylation is 4. The summed E-state index contributed by atoms with van der Waals surface area (Å²) in [6.07, 6.45) is 4.64. The maximum Gasteiger partial charge on any atom is 0.0510 e. The van der Waals surface area contributed by atoms with Crippen LogP contribution in [-0.4, -0.2) is 18.2 Å². The van der Waals surface area contributed by atoms with Crippen LogP contribution < -0.4 is 5.32 Å². The summed E-state index contributed by atoms with van der Waals surface area (Å²) < 4.78 is 2.26. The van der Waals surface area contributed by atoms with Crippen LogP contribution in [0.5, 0.6) is 0 Å². The minimum atomic E-state index is 1.08. The molecule has 2 aromatic rings. The number of hydrogen-bond donors (Lipinski definition) is 1. The maximum atomic E-state index is 3.21. The van der Waals surface area contributed by atoms with Crippen molar-refractivity contribution in [2.24, 2.45) is 7.05 Å². The van der Waals surface area contributed by atoms with Gasteiger partial charge in [-0.2, -0.15) is 0 Å². The molecule has 0 unspecified atom stereocenters. The van der Waals surface area contributed by atoms with Gasteiger partial charge in [-0.1, -0.05) is 11.6 Å². The average Bonchev–Trinajstić information content (AvgIpc) is 2.56. The lowest BCUT2D eigenvalue weighted by atomic mass is 10.0. The second kappa shape index (κ2) is 4.92. The fourth-order valence-corrected chi connectivity index (χ4v) is 2.70. The third-order valence-electron chi connectivity index (χ3n) is 3.37. The van der Waals surface area contributed by atoms with E-state index in [9.17, 15) is 0 Å². The van der Waals surface area contributed by atoms with Crippen LogP contribution in [0.1, 0.15) is 23.1 Å². The summed E-state index contributed by atoms with van der Waals surface area (Å²) in [7, 11) is 4.16. The molecule has 2 heteroatoms. The molecule has 2 nitrogen and oxygen atoms in total. The Morgan fingerprint density at radius 3 is 2.71 bits per heavy atom. The number of aromatic nitrogens is 1. The van der Waals surface area contributed by atoms with E-state index in [0.29, 0.717) is 0 Å². The maximum absolute atomic E-state index is 3.21. The van der Waals surface area contributed by atoms with Crippen molar-refractivity contribution >= 4 is 10.9 Å². The molecule has 1 heterocycles. The average molecular weight is 230 g/mol. The fourth-order valence-electron chi connectivity index (χ4n) is 2.70. The van der Waals surface area contributed by atoms with Gasteiger partial charge in [0, 0.05) is 18.6 Å². The minimum absolute atomic E-state index is 1.08. The SMILES string of the molecule is CNCCCc1cn(C)c2c(C)cc(C)cc12. The standard InChI is InChI=1S/C15H22N2/c1-11-8-12(2)15-14(9-11)13(10-17(15)4)6-5-7-16-3/h8-10,16H,5-7H2,1-4H3. The van der Waals surface area contributed by atoms with E-state index in [2.05, 4.69) is 49.1 Å². The van der Waals surface area contributed by atoms with Gasteiger partial charge in [0.15, 0.2) is 0 Å². The van der Waals surface area contributed by atoms with Crippen LogP contribution in [0.4, 0.5) is 0 Å². The Morgan fingerprint density at radius 2 is 2.00 bits per heavy atom. The van der Waals surface area contributed by atoms with E-state index in [4.69, 9.17) is 0 Å². The number of nitrogens with one attached hydrogen (secondary N) is 1. The second-order valence-electron chi connectivity index (χ2n) is 4.95. The quantitative estimate of drug-likeness (QED) is 0.799. The van der Waals surface area contributed by atoms with Gasteiger partial charge in [-0.05, 0) is 57.5 Å². The molecule has 92 valence electrons. The van der Waals surface area contributed by atoms with Crippen LogP contribution in [0, 0.1) is 13.8 Å². The third kappa shape index (κ3) is 2.37. The number of rotatable bonds is 4. The Kier molecular flexibility index (Phi) is 3.53. The van der Waals surface area contributed by atoms with Crippen LogP contribution in [0.25, 0.3) is 10.9 Å². The van der Waals surface area contributed by atoms with Crippen molar-refractivity contribution in [3.63, 3.8) is 0 Å². The molecule has 0 aliphatic rings. The summed E-state index contributed by atoms with van der Waals surface area (Å²) in [4.78, 5) is 0. The van der Waals surface area contributed by atoms with E-state index in [0.717, 1.165) is 13.0 Å². The monoisotopic (exact) mass is 230 g/mol. The minimum Gasteiger partial charge on any atom is -0.350 e. The molecule has 2 rings (SSSR count). The summed E-state index contributed by atoms with van der Waals surface area (Å²) in [6, 6.07) is 4.58. The zero-order valence-corrected chi connectivity index (χ0v) is 11.3. The molecule has 0 bridgehead atoms. The van der Waals surface area contributed by atoms with Crippen molar-refractivity contribution in [3.8, 4) is 0 Å². The van der Waals surface area contributed by atoms with Crippen LogP contribution in [-0.2, 0) is 13.5 Å². The van der Waals surface area contributed by atoms with Crippen LogP contribution >= 0.6 is 0 Å².